The van der Waals surface area contributed by atoms with Crippen LogP contribution in [0.2, 0.25) is 0 Å². The number of allylic oxidation sites excluding steroid dienone is 1. The van der Waals surface area contributed by atoms with E-state index in [0.717, 1.165) is 58.1 Å². The summed E-state index contributed by atoms with van der Waals surface area (Å²) in [7, 11) is 3.87. The molecule has 0 amide bonds. The molecular weight excluding hydrogens is 415 g/mol. The standard InChI is InChI=1S/C18H36N4O.HI/c1-4-19-18(20-12-8-14-22(2)15-16-23-3)21-13-11-17-9-6-5-7-10-17;/h9H,4-8,10-16H2,1-3H3,(H2,19,20,21);1H. The first-order valence-corrected chi connectivity index (χ1v) is 9.13. The summed E-state index contributed by atoms with van der Waals surface area (Å²) in [5, 5.41) is 6.78. The maximum atomic E-state index is 5.09. The van der Waals surface area contributed by atoms with Crippen molar-refractivity contribution in [3.8, 4) is 0 Å². The lowest BCUT2D eigenvalue weighted by Gasteiger charge is -2.16. The number of nitrogens with one attached hydrogen (secondary N) is 2. The minimum absolute atomic E-state index is 0. The number of hydrogen-bond acceptors (Lipinski definition) is 3. The maximum absolute atomic E-state index is 5.09. The molecule has 0 heterocycles. The Balaban J connectivity index is 0.00000529. The second-order valence-corrected chi connectivity index (χ2v) is 6.20. The highest BCUT2D eigenvalue weighted by Gasteiger charge is 2.04. The highest BCUT2D eigenvalue weighted by Crippen LogP contribution is 2.19. The largest absolute Gasteiger partial charge is 0.383 e. The zero-order valence-corrected chi connectivity index (χ0v) is 18.1. The Morgan fingerprint density at radius 3 is 2.79 bits per heavy atom. The third-order valence-corrected chi connectivity index (χ3v) is 4.11. The lowest BCUT2D eigenvalue weighted by Crippen LogP contribution is -2.38. The third-order valence-electron chi connectivity index (χ3n) is 4.11. The van der Waals surface area contributed by atoms with Gasteiger partial charge in [-0.25, -0.2) is 0 Å². The molecular formula is C18H37IN4O. The molecule has 5 nitrogen and oxygen atoms in total. The molecule has 0 fully saturated rings. The van der Waals surface area contributed by atoms with Crippen molar-refractivity contribution in [3.63, 3.8) is 0 Å². The van der Waals surface area contributed by atoms with Gasteiger partial charge in [0.15, 0.2) is 5.96 Å². The fraction of sp³-hybridized carbons (Fsp3) is 0.833. The Kier molecular flexibility index (Phi) is 15.9. The van der Waals surface area contributed by atoms with Crippen molar-refractivity contribution in [1.29, 1.82) is 0 Å². The number of aliphatic imine (C=N–C) groups is 1. The van der Waals surface area contributed by atoms with Crippen LogP contribution in [0.25, 0.3) is 0 Å². The second-order valence-electron chi connectivity index (χ2n) is 6.20. The topological polar surface area (TPSA) is 48.9 Å². The van der Waals surface area contributed by atoms with Crippen LogP contribution in [0.3, 0.4) is 0 Å². The first kappa shape index (κ1) is 23.7. The van der Waals surface area contributed by atoms with Gasteiger partial charge in [0, 0.05) is 33.3 Å². The number of methoxy groups -OCH3 is 1. The van der Waals surface area contributed by atoms with Crippen molar-refractivity contribution in [2.45, 2.75) is 45.4 Å². The molecule has 142 valence electrons. The van der Waals surface area contributed by atoms with E-state index in [9.17, 15) is 0 Å². The molecule has 1 rings (SSSR count). The molecule has 0 unspecified atom stereocenters. The van der Waals surface area contributed by atoms with Crippen molar-refractivity contribution >= 4 is 29.9 Å². The third kappa shape index (κ3) is 12.1. The van der Waals surface area contributed by atoms with Crippen molar-refractivity contribution in [2.75, 3.05) is 53.5 Å². The van der Waals surface area contributed by atoms with E-state index in [1.54, 1.807) is 12.7 Å². The Morgan fingerprint density at radius 1 is 1.29 bits per heavy atom. The van der Waals surface area contributed by atoms with Crippen molar-refractivity contribution in [1.82, 2.24) is 15.5 Å². The molecule has 0 atom stereocenters. The quantitative estimate of drug-likeness (QED) is 0.166. The van der Waals surface area contributed by atoms with Crippen LogP contribution >= 0.6 is 24.0 Å². The summed E-state index contributed by atoms with van der Waals surface area (Å²) in [6, 6.07) is 0. The average Bonchev–Trinajstić information content (AvgIpc) is 2.57. The lowest BCUT2D eigenvalue weighted by atomic mass is 9.97. The monoisotopic (exact) mass is 452 g/mol. The first-order valence-electron chi connectivity index (χ1n) is 9.13. The maximum Gasteiger partial charge on any atom is 0.191 e. The summed E-state index contributed by atoms with van der Waals surface area (Å²) in [5.74, 6) is 0.948. The molecule has 24 heavy (non-hydrogen) atoms. The van der Waals surface area contributed by atoms with E-state index in [2.05, 4.69) is 40.6 Å². The highest BCUT2D eigenvalue weighted by atomic mass is 127. The Hall–Kier alpha value is -0.340. The van der Waals surface area contributed by atoms with Gasteiger partial charge in [-0.05, 0) is 59.0 Å². The van der Waals surface area contributed by atoms with E-state index in [4.69, 9.17) is 4.74 Å². The van der Waals surface area contributed by atoms with Gasteiger partial charge in [-0.3, -0.25) is 4.99 Å². The summed E-state index contributed by atoms with van der Waals surface area (Å²) in [4.78, 5) is 6.95. The van der Waals surface area contributed by atoms with Crippen molar-refractivity contribution in [3.05, 3.63) is 11.6 Å². The fourth-order valence-corrected chi connectivity index (χ4v) is 2.71. The molecule has 0 aromatic carbocycles. The van der Waals surface area contributed by atoms with Gasteiger partial charge in [-0.2, -0.15) is 0 Å². The Labute approximate surface area is 165 Å². The van der Waals surface area contributed by atoms with Gasteiger partial charge < -0.3 is 20.3 Å². The molecule has 0 aliphatic heterocycles. The van der Waals surface area contributed by atoms with E-state index in [1.165, 1.54) is 25.7 Å². The minimum atomic E-state index is 0. The molecule has 0 radical (unpaired) electrons. The van der Waals surface area contributed by atoms with Crippen LogP contribution in [-0.2, 0) is 4.74 Å². The summed E-state index contributed by atoms with van der Waals surface area (Å²) >= 11 is 0. The van der Waals surface area contributed by atoms with Crippen LogP contribution in [0.15, 0.2) is 16.6 Å². The fourth-order valence-electron chi connectivity index (χ4n) is 2.71. The molecule has 0 saturated heterocycles. The number of hydrogen-bond donors (Lipinski definition) is 2. The highest BCUT2D eigenvalue weighted by molar-refractivity contribution is 14.0. The summed E-state index contributed by atoms with van der Waals surface area (Å²) in [6.07, 6.45) is 9.90. The van der Waals surface area contributed by atoms with Gasteiger partial charge in [-0.15, -0.1) is 24.0 Å². The second kappa shape index (κ2) is 16.1. The van der Waals surface area contributed by atoms with Crippen molar-refractivity contribution < 1.29 is 4.74 Å². The van der Waals surface area contributed by atoms with Crippen LogP contribution in [0.1, 0.15) is 45.4 Å². The number of halogens is 1. The molecule has 2 N–H and O–H groups in total. The number of nitrogens with zero attached hydrogens (tertiary/aromatic N) is 2. The van der Waals surface area contributed by atoms with E-state index in [-0.39, 0.29) is 24.0 Å². The molecule has 0 saturated carbocycles. The van der Waals surface area contributed by atoms with E-state index < -0.39 is 0 Å². The summed E-state index contributed by atoms with van der Waals surface area (Å²) in [6.45, 7) is 7.68. The summed E-state index contributed by atoms with van der Waals surface area (Å²) < 4.78 is 5.09. The van der Waals surface area contributed by atoms with E-state index in [1.807, 2.05) is 0 Å². The predicted octanol–water partition coefficient (Wildman–Crippen LogP) is 3.02. The lowest BCUT2D eigenvalue weighted by molar-refractivity contribution is 0.161. The van der Waals surface area contributed by atoms with Gasteiger partial charge in [0.25, 0.3) is 0 Å². The van der Waals surface area contributed by atoms with Gasteiger partial charge >= 0.3 is 0 Å². The molecule has 0 aromatic heterocycles. The Morgan fingerprint density at radius 2 is 2.12 bits per heavy atom. The van der Waals surface area contributed by atoms with E-state index >= 15 is 0 Å². The number of likely N-dealkylation sites (N-methyl/N-ethyl adjacent to an activating group) is 1. The van der Waals surface area contributed by atoms with Gasteiger partial charge in [0.2, 0.25) is 0 Å². The molecule has 0 spiro atoms. The number of rotatable bonds is 11. The van der Waals surface area contributed by atoms with Crippen LogP contribution in [0.5, 0.6) is 0 Å². The average molecular weight is 452 g/mol. The molecule has 0 aromatic rings. The summed E-state index contributed by atoms with van der Waals surface area (Å²) in [5.41, 5.74) is 1.61. The molecule has 1 aliphatic rings. The van der Waals surface area contributed by atoms with E-state index in [0.29, 0.717) is 0 Å². The van der Waals surface area contributed by atoms with Crippen LogP contribution in [-0.4, -0.2) is 64.3 Å². The number of guanidine groups is 1. The van der Waals surface area contributed by atoms with Gasteiger partial charge in [-0.1, -0.05) is 11.6 Å². The molecule has 0 bridgehead atoms. The zero-order valence-electron chi connectivity index (χ0n) is 15.8. The number of ether oxygens (including phenoxy) is 1. The van der Waals surface area contributed by atoms with Crippen LogP contribution < -0.4 is 10.6 Å². The van der Waals surface area contributed by atoms with Crippen LogP contribution in [0, 0.1) is 0 Å². The zero-order chi connectivity index (χ0) is 16.8. The minimum Gasteiger partial charge on any atom is -0.383 e. The Bertz CT molecular complexity index is 361. The van der Waals surface area contributed by atoms with Gasteiger partial charge in [0.05, 0.1) is 6.61 Å². The normalized spacial score (nSPS) is 15.0. The predicted molar refractivity (Wildman–Crippen MR) is 115 cm³/mol. The van der Waals surface area contributed by atoms with Gasteiger partial charge in [0.1, 0.15) is 0 Å². The first-order chi connectivity index (χ1) is 11.3. The molecule has 1 aliphatic carbocycles. The van der Waals surface area contributed by atoms with Crippen LogP contribution in [0.4, 0.5) is 0 Å². The smallest absolute Gasteiger partial charge is 0.191 e. The molecule has 6 heteroatoms. The SMILES string of the molecule is CCNC(=NCCCN(C)CCOC)NCCC1=CCCCC1.I. The van der Waals surface area contributed by atoms with Crippen molar-refractivity contribution in [2.24, 2.45) is 4.99 Å².